The highest BCUT2D eigenvalue weighted by atomic mass is 35.5. The Bertz CT molecular complexity index is 1470. The molecule has 1 aliphatic heterocycles. The molecule has 0 spiro atoms. The quantitative estimate of drug-likeness (QED) is 0.482. The van der Waals surface area contributed by atoms with Crippen molar-refractivity contribution in [3.63, 3.8) is 0 Å². The van der Waals surface area contributed by atoms with Crippen molar-refractivity contribution in [3.8, 4) is 0 Å². The zero-order valence-electron chi connectivity index (χ0n) is 17.9. The van der Waals surface area contributed by atoms with Gasteiger partial charge in [0.25, 0.3) is 11.8 Å². The molecule has 4 aromatic rings. The Labute approximate surface area is 190 Å². The van der Waals surface area contributed by atoms with Crippen molar-refractivity contribution >= 4 is 50.9 Å². The molecule has 7 heteroatoms. The largest absolute Gasteiger partial charge is 0.305 e. The number of benzene rings is 2. The number of hydrogen-bond donors (Lipinski definition) is 1. The van der Waals surface area contributed by atoms with Gasteiger partial charge in [-0.15, -0.1) is 0 Å². The van der Waals surface area contributed by atoms with Gasteiger partial charge >= 0.3 is 0 Å². The van der Waals surface area contributed by atoms with Crippen LogP contribution in [0.15, 0.2) is 54.7 Å². The molecule has 0 unspecified atom stereocenters. The third-order valence-electron chi connectivity index (χ3n) is 5.72. The standard InChI is InChI=1S/C25H21ClN4O2/c1-14-5-4-6-20-18(12-27-30(14)20)22-23(25(32)28-24(22)31)21-17-11-15(13-29(2)3)7-8-16(17)9-10-19(21)26/h4-12H,13H2,1-3H3,(H,28,31,32). The number of carbonyl (C=O) groups excluding carboxylic acids is 2. The second kappa shape index (κ2) is 7.58. The molecule has 1 N–H and O–H groups in total. The highest BCUT2D eigenvalue weighted by molar-refractivity contribution is 6.52. The third kappa shape index (κ3) is 3.20. The van der Waals surface area contributed by atoms with Gasteiger partial charge in [-0.25, -0.2) is 4.52 Å². The van der Waals surface area contributed by atoms with E-state index < -0.39 is 11.8 Å². The van der Waals surface area contributed by atoms with Crippen LogP contribution < -0.4 is 5.32 Å². The Hall–Kier alpha value is -3.48. The van der Waals surface area contributed by atoms with Crippen molar-refractivity contribution in [2.24, 2.45) is 0 Å². The predicted octanol–water partition coefficient (Wildman–Crippen LogP) is 4.08. The lowest BCUT2D eigenvalue weighted by atomic mass is 9.92. The molecule has 1 aliphatic rings. The van der Waals surface area contributed by atoms with Crippen LogP contribution >= 0.6 is 11.6 Å². The fraction of sp³-hybridized carbons (Fsp3) is 0.160. The van der Waals surface area contributed by atoms with Crippen LogP contribution in [0, 0.1) is 6.92 Å². The highest BCUT2D eigenvalue weighted by Crippen LogP contribution is 2.40. The number of nitrogens with one attached hydrogen (secondary N) is 1. The van der Waals surface area contributed by atoms with Crippen molar-refractivity contribution in [1.29, 1.82) is 0 Å². The van der Waals surface area contributed by atoms with Gasteiger partial charge in [-0.2, -0.15) is 5.10 Å². The molecule has 3 heterocycles. The second-order valence-corrected chi connectivity index (χ2v) is 8.68. The fourth-order valence-corrected chi connectivity index (χ4v) is 4.61. The van der Waals surface area contributed by atoms with Crippen LogP contribution in [0.5, 0.6) is 0 Å². The Balaban J connectivity index is 1.84. The first-order valence-electron chi connectivity index (χ1n) is 10.2. The van der Waals surface area contributed by atoms with E-state index >= 15 is 0 Å². The molecule has 2 aromatic carbocycles. The van der Waals surface area contributed by atoms with Crippen molar-refractivity contribution in [2.45, 2.75) is 13.5 Å². The summed E-state index contributed by atoms with van der Waals surface area (Å²) in [6, 6.07) is 15.5. The van der Waals surface area contributed by atoms with Crippen molar-refractivity contribution in [3.05, 3.63) is 82.1 Å². The van der Waals surface area contributed by atoms with Crippen LogP contribution in [0.1, 0.15) is 22.4 Å². The first-order valence-corrected chi connectivity index (χ1v) is 10.6. The van der Waals surface area contributed by atoms with E-state index in [-0.39, 0.29) is 5.57 Å². The van der Waals surface area contributed by atoms with E-state index in [4.69, 9.17) is 11.6 Å². The number of hydrogen-bond acceptors (Lipinski definition) is 4. The van der Waals surface area contributed by atoms with Gasteiger partial charge in [0.1, 0.15) is 0 Å². The van der Waals surface area contributed by atoms with E-state index in [9.17, 15) is 9.59 Å². The maximum atomic E-state index is 13.1. The Kier molecular flexibility index (Phi) is 4.84. The zero-order chi connectivity index (χ0) is 22.6. The summed E-state index contributed by atoms with van der Waals surface area (Å²) in [5, 5.41) is 9.10. The Morgan fingerprint density at radius 1 is 1.03 bits per heavy atom. The average Bonchev–Trinajstić information content (AvgIpc) is 3.28. The molecule has 0 fully saturated rings. The molecule has 0 saturated carbocycles. The van der Waals surface area contributed by atoms with Gasteiger partial charge in [-0.05, 0) is 61.6 Å². The number of nitrogens with zero attached hydrogens (tertiary/aromatic N) is 3. The van der Waals surface area contributed by atoms with Gasteiger partial charge in [0.2, 0.25) is 0 Å². The summed E-state index contributed by atoms with van der Waals surface area (Å²) in [5.74, 6) is -0.900. The fourth-order valence-electron chi connectivity index (χ4n) is 4.35. The maximum absolute atomic E-state index is 13.1. The number of pyridine rings is 1. The topological polar surface area (TPSA) is 66.7 Å². The molecule has 2 amide bonds. The molecule has 0 aliphatic carbocycles. The molecule has 32 heavy (non-hydrogen) atoms. The van der Waals surface area contributed by atoms with Crippen LogP contribution in [-0.4, -0.2) is 40.4 Å². The maximum Gasteiger partial charge on any atom is 0.259 e. The lowest BCUT2D eigenvalue weighted by Crippen LogP contribution is -2.22. The molecular weight excluding hydrogens is 424 g/mol. The molecule has 2 aromatic heterocycles. The summed E-state index contributed by atoms with van der Waals surface area (Å²) in [5.41, 5.74) is 4.51. The first kappa shape index (κ1) is 20.4. The molecule has 0 radical (unpaired) electrons. The Morgan fingerprint density at radius 2 is 1.78 bits per heavy atom. The lowest BCUT2D eigenvalue weighted by molar-refractivity contribution is -0.122. The number of fused-ring (bicyclic) bond motifs is 2. The van der Waals surface area contributed by atoms with Crippen molar-refractivity contribution in [1.82, 2.24) is 19.8 Å². The minimum absolute atomic E-state index is 0.281. The normalized spacial score (nSPS) is 14.3. The van der Waals surface area contributed by atoms with Crippen LogP contribution in [0.3, 0.4) is 0 Å². The van der Waals surface area contributed by atoms with Crippen LogP contribution in [0.4, 0.5) is 0 Å². The van der Waals surface area contributed by atoms with E-state index in [1.54, 1.807) is 16.8 Å². The molecular formula is C25H21ClN4O2. The van der Waals surface area contributed by atoms with Gasteiger partial charge in [0, 0.05) is 28.4 Å². The van der Waals surface area contributed by atoms with Gasteiger partial charge in [-0.1, -0.05) is 35.9 Å². The van der Waals surface area contributed by atoms with E-state index in [0.29, 0.717) is 21.7 Å². The van der Waals surface area contributed by atoms with Gasteiger partial charge < -0.3 is 4.90 Å². The van der Waals surface area contributed by atoms with Crippen molar-refractivity contribution in [2.75, 3.05) is 14.1 Å². The third-order valence-corrected chi connectivity index (χ3v) is 6.03. The van der Waals surface area contributed by atoms with Gasteiger partial charge in [-0.3, -0.25) is 14.9 Å². The smallest absolute Gasteiger partial charge is 0.259 e. The number of amides is 2. The lowest BCUT2D eigenvalue weighted by Gasteiger charge is -2.14. The summed E-state index contributed by atoms with van der Waals surface area (Å²) in [6.07, 6.45) is 1.63. The van der Waals surface area contributed by atoms with Crippen molar-refractivity contribution < 1.29 is 9.59 Å². The summed E-state index contributed by atoms with van der Waals surface area (Å²) < 4.78 is 1.76. The van der Waals surface area contributed by atoms with E-state index in [1.807, 2.05) is 57.4 Å². The van der Waals surface area contributed by atoms with E-state index in [2.05, 4.69) is 21.4 Å². The Morgan fingerprint density at radius 3 is 2.56 bits per heavy atom. The van der Waals surface area contributed by atoms with Crippen LogP contribution in [-0.2, 0) is 16.1 Å². The summed E-state index contributed by atoms with van der Waals surface area (Å²) in [6.45, 7) is 2.68. The number of imide groups is 1. The predicted molar refractivity (Wildman–Crippen MR) is 126 cm³/mol. The average molecular weight is 445 g/mol. The molecule has 0 bridgehead atoms. The summed E-state index contributed by atoms with van der Waals surface area (Å²) in [7, 11) is 4.00. The second-order valence-electron chi connectivity index (χ2n) is 8.27. The van der Waals surface area contributed by atoms with E-state index in [0.717, 1.165) is 34.1 Å². The SMILES string of the molecule is Cc1cccc2c(C3=C(c4c(Cl)ccc5ccc(CN(C)C)cc45)C(=O)NC3=O)cnn12. The van der Waals surface area contributed by atoms with Crippen LogP contribution in [0.25, 0.3) is 27.4 Å². The molecule has 5 rings (SSSR count). The summed E-state index contributed by atoms with van der Waals surface area (Å²) in [4.78, 5) is 28.1. The number of rotatable bonds is 4. The minimum Gasteiger partial charge on any atom is -0.305 e. The molecule has 0 atom stereocenters. The number of aryl methyl sites for hydroxylation is 1. The number of aromatic nitrogens is 2. The summed E-state index contributed by atoms with van der Waals surface area (Å²) >= 11 is 6.67. The molecule has 6 nitrogen and oxygen atoms in total. The zero-order valence-corrected chi connectivity index (χ0v) is 18.7. The number of halogens is 1. The highest BCUT2D eigenvalue weighted by Gasteiger charge is 2.35. The van der Waals surface area contributed by atoms with Gasteiger partial charge in [0.05, 0.1) is 22.9 Å². The first-order chi connectivity index (χ1) is 15.3. The van der Waals surface area contributed by atoms with Gasteiger partial charge in [0.15, 0.2) is 0 Å². The molecule has 160 valence electrons. The van der Waals surface area contributed by atoms with Crippen LogP contribution in [0.2, 0.25) is 5.02 Å². The minimum atomic E-state index is -0.454. The number of carbonyl (C=O) groups is 2. The monoisotopic (exact) mass is 444 g/mol. The van der Waals surface area contributed by atoms with E-state index in [1.165, 1.54) is 0 Å². The molecule has 0 saturated heterocycles.